The molecule has 2 heterocycles. The van der Waals surface area contributed by atoms with Crippen LogP contribution in [0.4, 0.5) is 33.7 Å². The number of carbonyl (C=O) groups is 3. The monoisotopic (exact) mass is 504 g/mol. The van der Waals surface area contributed by atoms with E-state index in [-0.39, 0.29) is 31.2 Å². The molecule has 3 N–H and O–H groups in total. The number of alkyl halides is 3. The van der Waals surface area contributed by atoms with E-state index in [0.717, 1.165) is 4.90 Å². The van der Waals surface area contributed by atoms with E-state index in [1.165, 1.54) is 23.2 Å². The Morgan fingerprint density at radius 1 is 1.23 bits per heavy atom. The fraction of sp³-hybridized carbons (Fsp3) is 0.571. The number of hydrogen-bond acceptors (Lipinski definition) is 7. The Kier molecular flexibility index (Phi) is 9.48. The maximum atomic E-state index is 15.0. The third-order valence-corrected chi connectivity index (χ3v) is 5.50. The van der Waals surface area contributed by atoms with E-state index < -0.39 is 37.0 Å². The summed E-state index contributed by atoms with van der Waals surface area (Å²) < 4.78 is 56.8. The summed E-state index contributed by atoms with van der Waals surface area (Å²) in [4.78, 5) is 38.4. The second-order valence-electron chi connectivity index (χ2n) is 7.96. The minimum atomic E-state index is -3.17. The minimum absolute atomic E-state index is 0.0365. The molecular formula is C21H28F4N6O4. The fourth-order valence-corrected chi connectivity index (χ4v) is 3.72. The van der Waals surface area contributed by atoms with E-state index in [1.807, 2.05) is 5.32 Å². The van der Waals surface area contributed by atoms with Gasteiger partial charge in [0.1, 0.15) is 11.9 Å². The van der Waals surface area contributed by atoms with Crippen LogP contribution in [0.25, 0.3) is 0 Å². The Labute approximate surface area is 199 Å². The van der Waals surface area contributed by atoms with Gasteiger partial charge in [-0.05, 0) is 31.2 Å². The molecule has 0 saturated carbocycles. The summed E-state index contributed by atoms with van der Waals surface area (Å²) in [6, 6.07) is 4.22. The van der Waals surface area contributed by atoms with Gasteiger partial charge in [0.15, 0.2) is 0 Å². The third-order valence-electron chi connectivity index (χ3n) is 5.50. The molecule has 0 unspecified atom stereocenters. The highest BCUT2D eigenvalue weighted by molar-refractivity contribution is 5.90. The predicted molar refractivity (Wildman–Crippen MR) is 118 cm³/mol. The Bertz CT molecular complexity index is 909. The van der Waals surface area contributed by atoms with Crippen molar-refractivity contribution < 1.29 is 36.7 Å². The van der Waals surface area contributed by atoms with Crippen LogP contribution < -0.4 is 25.9 Å². The molecule has 1 aromatic rings. The van der Waals surface area contributed by atoms with Crippen LogP contribution in [0.2, 0.25) is 0 Å². The molecular weight excluding hydrogens is 476 g/mol. The van der Waals surface area contributed by atoms with Crippen molar-refractivity contribution in [1.82, 2.24) is 21.1 Å². The first-order valence-electron chi connectivity index (χ1n) is 11.2. The molecule has 35 heavy (non-hydrogen) atoms. The maximum absolute atomic E-state index is 15.0. The van der Waals surface area contributed by atoms with Gasteiger partial charge in [-0.25, -0.2) is 14.6 Å². The first-order chi connectivity index (χ1) is 16.8. The second kappa shape index (κ2) is 12.5. The van der Waals surface area contributed by atoms with Gasteiger partial charge in [0, 0.05) is 19.6 Å². The van der Waals surface area contributed by atoms with Crippen molar-refractivity contribution >= 4 is 29.3 Å². The average molecular weight is 504 g/mol. The van der Waals surface area contributed by atoms with E-state index >= 15 is 0 Å². The van der Waals surface area contributed by atoms with Gasteiger partial charge < -0.3 is 20.3 Å². The number of benzene rings is 1. The van der Waals surface area contributed by atoms with Crippen molar-refractivity contribution in [2.45, 2.75) is 19.0 Å². The van der Waals surface area contributed by atoms with Crippen molar-refractivity contribution in [3.8, 4) is 0 Å². The van der Waals surface area contributed by atoms with Crippen LogP contribution in [0.5, 0.6) is 0 Å². The first-order valence-corrected chi connectivity index (χ1v) is 11.2. The normalized spacial score (nSPS) is 18.6. The highest BCUT2D eigenvalue weighted by Gasteiger charge is 2.33. The molecule has 194 valence electrons. The SMILES string of the molecule is O=C(NC[C@H]1CN(c2ccc(N3CCNN(C(=O)CNCCCF)CC3)c(F)c2)C(=O)O1)C(F)F. The number of hydrogen-bond donors (Lipinski definition) is 3. The summed E-state index contributed by atoms with van der Waals surface area (Å²) in [6.45, 7) is 1.16. The van der Waals surface area contributed by atoms with Gasteiger partial charge in [-0.3, -0.25) is 23.9 Å². The molecule has 0 bridgehead atoms. The van der Waals surface area contributed by atoms with Gasteiger partial charge in [0.05, 0.1) is 44.2 Å². The molecule has 2 saturated heterocycles. The van der Waals surface area contributed by atoms with Crippen molar-refractivity contribution in [3.05, 3.63) is 24.0 Å². The second-order valence-corrected chi connectivity index (χ2v) is 7.96. The summed E-state index contributed by atoms with van der Waals surface area (Å²) in [5.41, 5.74) is 3.51. The maximum Gasteiger partial charge on any atom is 0.414 e. The van der Waals surface area contributed by atoms with Crippen LogP contribution >= 0.6 is 0 Å². The number of nitrogens with one attached hydrogen (secondary N) is 3. The zero-order valence-electron chi connectivity index (χ0n) is 18.9. The van der Waals surface area contributed by atoms with Crippen LogP contribution in [-0.2, 0) is 14.3 Å². The van der Waals surface area contributed by atoms with E-state index in [9.17, 15) is 31.9 Å². The van der Waals surface area contributed by atoms with Crippen LogP contribution in [-0.4, -0.2) is 94.5 Å². The zero-order chi connectivity index (χ0) is 25.4. The Hall–Kier alpha value is -3.13. The Morgan fingerprint density at radius 2 is 2.03 bits per heavy atom. The van der Waals surface area contributed by atoms with Crippen molar-refractivity contribution in [3.63, 3.8) is 0 Å². The zero-order valence-corrected chi connectivity index (χ0v) is 18.9. The molecule has 0 aliphatic carbocycles. The van der Waals surface area contributed by atoms with Gasteiger partial charge in [-0.15, -0.1) is 0 Å². The lowest BCUT2D eigenvalue weighted by atomic mass is 10.2. The molecule has 3 amide bonds. The molecule has 2 aliphatic heterocycles. The number of rotatable bonds is 10. The predicted octanol–water partition coefficient (Wildman–Crippen LogP) is 0.635. The smallest absolute Gasteiger partial charge is 0.414 e. The molecule has 3 rings (SSSR count). The standard InChI is InChI=1S/C21H28F4N6O4/c22-4-1-5-26-12-18(32)31-9-8-29(7-6-28-31)17-3-2-14(10-16(17)23)30-13-15(35-21(30)34)11-27-20(33)19(24)25/h2-3,10,15,19,26,28H,1,4-9,11-13H2,(H,27,33)/t15-/m0/s1. The summed E-state index contributed by atoms with van der Waals surface area (Å²) >= 11 is 0. The number of nitrogens with zero attached hydrogens (tertiary/aromatic N) is 3. The summed E-state index contributed by atoms with van der Waals surface area (Å²) in [5.74, 6) is -2.25. The molecule has 0 aromatic heterocycles. The quantitative estimate of drug-likeness (QED) is 0.317. The summed E-state index contributed by atoms with van der Waals surface area (Å²) in [5, 5.41) is 6.31. The van der Waals surface area contributed by atoms with E-state index in [2.05, 4.69) is 10.7 Å². The van der Waals surface area contributed by atoms with Crippen LogP contribution in [0, 0.1) is 5.82 Å². The Balaban J connectivity index is 1.56. The molecule has 1 aromatic carbocycles. The third kappa shape index (κ3) is 7.18. The van der Waals surface area contributed by atoms with Crippen molar-refractivity contribution in [1.29, 1.82) is 0 Å². The van der Waals surface area contributed by atoms with Gasteiger partial charge in [0.25, 0.3) is 11.8 Å². The topological polar surface area (TPSA) is 106 Å². The molecule has 0 spiro atoms. The molecule has 10 nitrogen and oxygen atoms in total. The number of cyclic esters (lactones) is 1. The van der Waals surface area contributed by atoms with Crippen LogP contribution in [0.1, 0.15) is 6.42 Å². The lowest BCUT2D eigenvalue weighted by Gasteiger charge is -2.24. The van der Waals surface area contributed by atoms with Gasteiger partial charge in [-0.2, -0.15) is 8.78 Å². The average Bonchev–Trinajstić information content (AvgIpc) is 3.03. The van der Waals surface area contributed by atoms with Crippen molar-refractivity contribution in [2.75, 3.05) is 68.8 Å². The lowest BCUT2D eigenvalue weighted by molar-refractivity contribution is -0.133. The van der Waals surface area contributed by atoms with Crippen molar-refractivity contribution in [2.24, 2.45) is 0 Å². The van der Waals surface area contributed by atoms with E-state index in [1.54, 1.807) is 4.90 Å². The van der Waals surface area contributed by atoms with Gasteiger partial charge in [0.2, 0.25) is 0 Å². The highest BCUT2D eigenvalue weighted by Crippen LogP contribution is 2.28. The van der Waals surface area contributed by atoms with Crippen LogP contribution in [0.15, 0.2) is 18.2 Å². The number of halogens is 4. The number of carbonyl (C=O) groups excluding carboxylic acids is 3. The highest BCUT2D eigenvalue weighted by atomic mass is 19.3. The molecule has 1 atom stereocenters. The summed E-state index contributed by atoms with van der Waals surface area (Å²) in [7, 11) is 0. The van der Waals surface area contributed by atoms with E-state index in [0.29, 0.717) is 44.8 Å². The largest absolute Gasteiger partial charge is 0.442 e. The molecule has 0 radical (unpaired) electrons. The Morgan fingerprint density at radius 3 is 2.74 bits per heavy atom. The molecule has 2 fully saturated rings. The molecule has 14 heteroatoms. The lowest BCUT2D eigenvalue weighted by Crippen LogP contribution is -2.47. The summed E-state index contributed by atoms with van der Waals surface area (Å²) in [6.07, 6.45) is -4.47. The van der Waals surface area contributed by atoms with Gasteiger partial charge >= 0.3 is 12.5 Å². The molecule has 2 aliphatic rings. The number of ether oxygens (including phenoxy) is 1. The number of hydrazine groups is 1. The first kappa shape index (κ1) is 26.5. The van der Waals surface area contributed by atoms with Crippen LogP contribution in [0.3, 0.4) is 0 Å². The number of amides is 3. The van der Waals surface area contributed by atoms with Gasteiger partial charge in [-0.1, -0.05) is 0 Å². The minimum Gasteiger partial charge on any atom is -0.442 e. The van der Waals surface area contributed by atoms with E-state index in [4.69, 9.17) is 4.74 Å². The fourth-order valence-electron chi connectivity index (χ4n) is 3.72. The number of anilines is 2.